The number of carbonyl (C=O) groups is 2. The lowest BCUT2D eigenvalue weighted by molar-refractivity contribution is -0.154. The summed E-state index contributed by atoms with van der Waals surface area (Å²) >= 11 is 3.33. The number of halogens is 1. The molecule has 0 saturated carbocycles. The van der Waals surface area contributed by atoms with Gasteiger partial charge in [-0.3, -0.25) is 4.79 Å². The van der Waals surface area contributed by atoms with Crippen molar-refractivity contribution in [3.8, 4) is 0 Å². The molecule has 6 heteroatoms. The minimum atomic E-state index is -1.29. The first kappa shape index (κ1) is 15.8. The summed E-state index contributed by atoms with van der Waals surface area (Å²) in [6.45, 7) is 5.23. The zero-order chi connectivity index (χ0) is 16.0. The lowest BCUT2D eigenvalue weighted by Gasteiger charge is -2.42. The van der Waals surface area contributed by atoms with Gasteiger partial charge in [0.05, 0.1) is 5.41 Å². The highest BCUT2D eigenvalue weighted by Crippen LogP contribution is 2.47. The van der Waals surface area contributed by atoms with Crippen molar-refractivity contribution in [1.29, 1.82) is 0 Å². The lowest BCUT2D eigenvalue weighted by Crippen LogP contribution is -2.50. The van der Waals surface area contributed by atoms with Crippen LogP contribution < -0.4 is 0 Å². The third-order valence-corrected chi connectivity index (χ3v) is 4.69. The molecule has 21 heavy (non-hydrogen) atoms. The van der Waals surface area contributed by atoms with Gasteiger partial charge in [-0.1, -0.05) is 22.0 Å². The van der Waals surface area contributed by atoms with E-state index in [-0.39, 0.29) is 12.8 Å². The van der Waals surface area contributed by atoms with E-state index in [1.807, 2.05) is 26.0 Å². The number of hydrogen-bond donors (Lipinski definition) is 2. The molecule has 1 aromatic heterocycles. The number of carboxylic acid groups (broad SMARTS) is 2. The molecule has 1 aliphatic rings. The Kier molecular flexibility index (Phi) is 3.78. The molecule has 1 heterocycles. The van der Waals surface area contributed by atoms with E-state index in [0.29, 0.717) is 4.48 Å². The van der Waals surface area contributed by atoms with E-state index in [1.54, 1.807) is 17.6 Å². The molecule has 2 N–H and O–H groups in total. The molecular weight excluding hydrogens is 338 g/mol. The molecule has 2 unspecified atom stereocenters. The number of aromatic nitrogens is 1. The molecule has 0 fully saturated rings. The van der Waals surface area contributed by atoms with Crippen LogP contribution in [0, 0.1) is 19.3 Å². The van der Waals surface area contributed by atoms with Crippen LogP contribution in [0.3, 0.4) is 0 Å². The van der Waals surface area contributed by atoms with Crippen LogP contribution in [0.1, 0.15) is 31.2 Å². The van der Waals surface area contributed by atoms with E-state index in [1.165, 1.54) is 0 Å². The fourth-order valence-corrected chi connectivity index (χ4v) is 4.25. The van der Waals surface area contributed by atoms with Crippen LogP contribution in [0.15, 0.2) is 22.7 Å². The molecule has 5 nitrogen and oxygen atoms in total. The number of rotatable bonds is 3. The quantitative estimate of drug-likeness (QED) is 0.873. The molecule has 0 spiro atoms. The van der Waals surface area contributed by atoms with Crippen LogP contribution in [0.2, 0.25) is 0 Å². The average molecular weight is 356 g/mol. The molecule has 0 saturated heterocycles. The summed E-state index contributed by atoms with van der Waals surface area (Å²) < 4.78 is 2.35. The highest BCUT2D eigenvalue weighted by Gasteiger charge is 2.52. The monoisotopic (exact) mass is 355 g/mol. The standard InChI is InChI=1S/C15H18BrNO4/c1-9-4-5-10(2)17(9)15(13(20)21)7-11(16)6-14(3,8-15)12(18)19/h4-6H,7-8H2,1-3H3,(H,18,19)(H,20,21). The molecule has 0 aliphatic heterocycles. The van der Waals surface area contributed by atoms with E-state index in [9.17, 15) is 19.8 Å². The molecule has 2 atom stereocenters. The van der Waals surface area contributed by atoms with Crippen LogP contribution in [0.4, 0.5) is 0 Å². The Balaban J connectivity index is 2.69. The first-order valence-corrected chi connectivity index (χ1v) is 7.41. The number of hydrogen-bond acceptors (Lipinski definition) is 2. The van der Waals surface area contributed by atoms with E-state index in [2.05, 4.69) is 15.9 Å². The Morgan fingerprint density at radius 1 is 1.19 bits per heavy atom. The molecule has 0 aromatic carbocycles. The van der Waals surface area contributed by atoms with E-state index >= 15 is 0 Å². The fraction of sp³-hybridized carbons (Fsp3) is 0.467. The predicted molar refractivity (Wildman–Crippen MR) is 81.5 cm³/mol. The molecule has 114 valence electrons. The van der Waals surface area contributed by atoms with Crippen molar-refractivity contribution in [3.05, 3.63) is 34.1 Å². The number of aryl methyl sites for hydroxylation is 2. The maximum Gasteiger partial charge on any atom is 0.330 e. The van der Waals surface area contributed by atoms with Crippen molar-refractivity contribution in [1.82, 2.24) is 4.57 Å². The Bertz CT molecular complexity index is 629. The molecule has 0 radical (unpaired) electrons. The maximum absolute atomic E-state index is 12.1. The van der Waals surface area contributed by atoms with Crippen LogP contribution in [0.5, 0.6) is 0 Å². The van der Waals surface area contributed by atoms with Crippen LogP contribution in [-0.4, -0.2) is 26.7 Å². The summed E-state index contributed by atoms with van der Waals surface area (Å²) in [7, 11) is 0. The zero-order valence-corrected chi connectivity index (χ0v) is 13.8. The average Bonchev–Trinajstić information content (AvgIpc) is 2.67. The third kappa shape index (κ3) is 2.41. The normalized spacial score (nSPS) is 29.0. The van der Waals surface area contributed by atoms with Crippen molar-refractivity contribution in [2.24, 2.45) is 5.41 Å². The zero-order valence-electron chi connectivity index (χ0n) is 12.2. The first-order valence-electron chi connectivity index (χ1n) is 6.62. The van der Waals surface area contributed by atoms with Crippen molar-refractivity contribution >= 4 is 27.9 Å². The second-order valence-electron chi connectivity index (χ2n) is 5.96. The second kappa shape index (κ2) is 5.02. The van der Waals surface area contributed by atoms with Crippen molar-refractivity contribution < 1.29 is 19.8 Å². The fourth-order valence-electron chi connectivity index (χ4n) is 3.28. The highest BCUT2D eigenvalue weighted by atomic mass is 79.9. The van der Waals surface area contributed by atoms with Gasteiger partial charge < -0.3 is 14.8 Å². The van der Waals surface area contributed by atoms with Gasteiger partial charge in [-0.05, 0) is 37.4 Å². The maximum atomic E-state index is 12.1. The van der Waals surface area contributed by atoms with Gasteiger partial charge in [-0.25, -0.2) is 4.79 Å². The molecule has 2 rings (SSSR count). The Morgan fingerprint density at radius 3 is 2.14 bits per heavy atom. The summed E-state index contributed by atoms with van der Waals surface area (Å²) in [5.74, 6) is -2.03. The molecule has 0 bridgehead atoms. The topological polar surface area (TPSA) is 79.5 Å². The molecule has 0 amide bonds. The summed E-state index contributed by atoms with van der Waals surface area (Å²) in [4.78, 5) is 23.7. The van der Waals surface area contributed by atoms with Crippen molar-refractivity contribution in [2.45, 2.75) is 39.2 Å². The largest absolute Gasteiger partial charge is 0.481 e. The molecule has 1 aromatic rings. The summed E-state index contributed by atoms with van der Waals surface area (Å²) in [6, 6.07) is 3.70. The van der Waals surface area contributed by atoms with Crippen molar-refractivity contribution in [3.63, 3.8) is 0 Å². The Morgan fingerprint density at radius 2 is 1.71 bits per heavy atom. The van der Waals surface area contributed by atoms with Gasteiger partial charge in [0.25, 0.3) is 0 Å². The van der Waals surface area contributed by atoms with Gasteiger partial charge in [0.15, 0.2) is 0 Å². The van der Waals surface area contributed by atoms with Crippen LogP contribution >= 0.6 is 15.9 Å². The predicted octanol–water partition coefficient (Wildman–Crippen LogP) is 3.05. The van der Waals surface area contributed by atoms with Gasteiger partial charge in [-0.15, -0.1) is 0 Å². The number of nitrogens with zero attached hydrogens (tertiary/aromatic N) is 1. The lowest BCUT2D eigenvalue weighted by atomic mass is 9.70. The summed E-state index contributed by atoms with van der Waals surface area (Å²) in [5.41, 5.74) is -0.897. The highest BCUT2D eigenvalue weighted by molar-refractivity contribution is 9.11. The van der Waals surface area contributed by atoms with E-state index < -0.39 is 22.9 Å². The van der Waals surface area contributed by atoms with Gasteiger partial charge >= 0.3 is 11.9 Å². The summed E-state index contributed by atoms with van der Waals surface area (Å²) in [5, 5.41) is 19.4. The number of aliphatic carboxylic acids is 2. The Hall–Kier alpha value is -1.56. The van der Waals surface area contributed by atoms with Gasteiger partial charge in [0.1, 0.15) is 5.54 Å². The Labute approximate surface area is 131 Å². The van der Waals surface area contributed by atoms with Gasteiger partial charge in [0.2, 0.25) is 0 Å². The second-order valence-corrected chi connectivity index (χ2v) is 6.97. The first-order chi connectivity index (χ1) is 9.62. The number of carboxylic acids is 2. The molecule has 1 aliphatic carbocycles. The van der Waals surface area contributed by atoms with E-state index in [4.69, 9.17) is 0 Å². The minimum Gasteiger partial charge on any atom is -0.481 e. The number of allylic oxidation sites excluding steroid dienone is 1. The minimum absolute atomic E-state index is 0.0100. The summed E-state index contributed by atoms with van der Waals surface area (Å²) in [6.07, 6.45) is 1.85. The third-order valence-electron chi connectivity index (χ3n) is 4.18. The molecular formula is C15H18BrNO4. The van der Waals surface area contributed by atoms with Gasteiger partial charge in [0, 0.05) is 24.2 Å². The van der Waals surface area contributed by atoms with Crippen LogP contribution in [-0.2, 0) is 15.1 Å². The van der Waals surface area contributed by atoms with Gasteiger partial charge in [-0.2, -0.15) is 0 Å². The van der Waals surface area contributed by atoms with Crippen LogP contribution in [0.25, 0.3) is 0 Å². The smallest absolute Gasteiger partial charge is 0.330 e. The SMILES string of the molecule is Cc1ccc(C)n1C1(C(=O)O)CC(Br)=CC(C)(C(=O)O)C1. The van der Waals surface area contributed by atoms with E-state index in [0.717, 1.165) is 11.4 Å². The van der Waals surface area contributed by atoms with Crippen molar-refractivity contribution in [2.75, 3.05) is 0 Å².